The van der Waals surface area contributed by atoms with Gasteiger partial charge in [0.15, 0.2) is 5.82 Å². The maximum Gasteiger partial charge on any atom is 0.267 e. The number of aromatic nitrogens is 4. The van der Waals surface area contributed by atoms with E-state index >= 15 is 0 Å². The molecule has 0 bridgehead atoms. The number of carbonyl (C=O) groups is 1. The third kappa shape index (κ3) is 3.77. The number of rotatable bonds is 4. The summed E-state index contributed by atoms with van der Waals surface area (Å²) in [6, 6.07) is 12.3. The Morgan fingerprint density at radius 1 is 1.25 bits per heavy atom. The van der Waals surface area contributed by atoms with Gasteiger partial charge in [0.05, 0.1) is 5.69 Å². The standard InChI is InChI=1S/C16H14BrN5O2/c1-10-8-14(20-19-10)18-15(23)9-22-16(24)7-6-13(21-22)11-2-4-12(17)5-3-11/h2-8H,9H2,1H3,(H2,18,19,20,23). The molecule has 0 aliphatic rings. The van der Waals surface area contributed by atoms with Gasteiger partial charge in [0, 0.05) is 27.9 Å². The molecule has 2 heterocycles. The van der Waals surface area contributed by atoms with Gasteiger partial charge < -0.3 is 5.32 Å². The van der Waals surface area contributed by atoms with Gasteiger partial charge in [-0.1, -0.05) is 28.1 Å². The number of halogens is 1. The summed E-state index contributed by atoms with van der Waals surface area (Å²) < 4.78 is 2.08. The number of nitrogens with one attached hydrogen (secondary N) is 2. The van der Waals surface area contributed by atoms with Crippen LogP contribution in [0.25, 0.3) is 11.3 Å². The molecule has 2 aromatic heterocycles. The van der Waals surface area contributed by atoms with E-state index in [0.717, 1.165) is 20.4 Å². The van der Waals surface area contributed by atoms with E-state index < -0.39 is 0 Å². The van der Waals surface area contributed by atoms with Crippen LogP contribution in [0.3, 0.4) is 0 Å². The highest BCUT2D eigenvalue weighted by molar-refractivity contribution is 9.10. The quantitative estimate of drug-likeness (QED) is 0.718. The van der Waals surface area contributed by atoms with E-state index in [1.54, 1.807) is 12.1 Å². The first-order chi connectivity index (χ1) is 11.5. The average Bonchev–Trinajstić information content (AvgIpc) is 2.95. The van der Waals surface area contributed by atoms with Crippen LogP contribution in [0, 0.1) is 6.92 Å². The first-order valence-electron chi connectivity index (χ1n) is 7.17. The fourth-order valence-electron chi connectivity index (χ4n) is 2.14. The summed E-state index contributed by atoms with van der Waals surface area (Å²) in [6.07, 6.45) is 0. The van der Waals surface area contributed by atoms with E-state index in [0.29, 0.717) is 11.5 Å². The number of anilines is 1. The molecule has 0 spiro atoms. The molecule has 0 unspecified atom stereocenters. The SMILES string of the molecule is Cc1cc(NC(=O)Cn2nc(-c3ccc(Br)cc3)ccc2=O)n[nH]1. The minimum Gasteiger partial charge on any atom is -0.308 e. The van der Waals surface area contributed by atoms with Crippen molar-refractivity contribution < 1.29 is 4.79 Å². The molecule has 0 saturated heterocycles. The van der Waals surface area contributed by atoms with Gasteiger partial charge in [-0.15, -0.1) is 0 Å². The molecule has 122 valence electrons. The van der Waals surface area contributed by atoms with Crippen molar-refractivity contribution >= 4 is 27.7 Å². The molecule has 2 N–H and O–H groups in total. The summed E-state index contributed by atoms with van der Waals surface area (Å²) in [6.45, 7) is 1.64. The van der Waals surface area contributed by atoms with E-state index in [4.69, 9.17) is 0 Å². The van der Waals surface area contributed by atoms with Gasteiger partial charge >= 0.3 is 0 Å². The highest BCUT2D eigenvalue weighted by Gasteiger charge is 2.09. The van der Waals surface area contributed by atoms with Gasteiger partial charge in [0.1, 0.15) is 6.54 Å². The summed E-state index contributed by atoms with van der Waals surface area (Å²) in [4.78, 5) is 24.0. The Labute approximate surface area is 145 Å². The molecule has 1 amide bonds. The number of hydrogen-bond acceptors (Lipinski definition) is 4. The second kappa shape index (κ2) is 6.79. The molecule has 24 heavy (non-hydrogen) atoms. The van der Waals surface area contributed by atoms with Gasteiger partial charge in [-0.05, 0) is 25.1 Å². The Bertz CT molecular complexity index is 930. The van der Waals surface area contributed by atoms with Crippen molar-refractivity contribution in [2.45, 2.75) is 13.5 Å². The molecular weight excluding hydrogens is 374 g/mol. The normalized spacial score (nSPS) is 10.6. The van der Waals surface area contributed by atoms with Crippen LogP contribution in [0.2, 0.25) is 0 Å². The Morgan fingerprint density at radius 3 is 2.67 bits per heavy atom. The predicted molar refractivity (Wildman–Crippen MR) is 93.6 cm³/mol. The second-order valence-corrected chi connectivity index (χ2v) is 6.12. The lowest BCUT2D eigenvalue weighted by Crippen LogP contribution is -2.29. The molecule has 1 aromatic carbocycles. The fourth-order valence-corrected chi connectivity index (χ4v) is 2.40. The average molecular weight is 388 g/mol. The molecule has 8 heteroatoms. The molecule has 3 aromatic rings. The van der Waals surface area contributed by atoms with Crippen LogP contribution in [-0.2, 0) is 11.3 Å². The Morgan fingerprint density at radius 2 is 2.00 bits per heavy atom. The Hall–Kier alpha value is -2.74. The monoisotopic (exact) mass is 387 g/mol. The van der Waals surface area contributed by atoms with E-state index in [9.17, 15) is 9.59 Å². The zero-order valence-corrected chi connectivity index (χ0v) is 14.4. The van der Waals surface area contributed by atoms with Crippen LogP contribution in [-0.4, -0.2) is 25.9 Å². The molecule has 0 atom stereocenters. The van der Waals surface area contributed by atoms with Crippen LogP contribution in [0.5, 0.6) is 0 Å². The van der Waals surface area contributed by atoms with Gasteiger partial charge in [0.25, 0.3) is 5.56 Å². The third-order valence-electron chi connectivity index (χ3n) is 3.27. The summed E-state index contributed by atoms with van der Waals surface area (Å²) in [7, 11) is 0. The molecule has 7 nitrogen and oxygen atoms in total. The lowest BCUT2D eigenvalue weighted by molar-refractivity contribution is -0.117. The Balaban J connectivity index is 1.80. The number of carbonyl (C=O) groups excluding carboxylic acids is 1. The van der Waals surface area contributed by atoms with Crippen molar-refractivity contribution in [2.24, 2.45) is 0 Å². The first kappa shape index (κ1) is 16.1. The smallest absolute Gasteiger partial charge is 0.267 e. The third-order valence-corrected chi connectivity index (χ3v) is 3.80. The van der Waals surface area contributed by atoms with Gasteiger partial charge in [-0.3, -0.25) is 14.7 Å². The van der Waals surface area contributed by atoms with E-state index in [1.807, 2.05) is 31.2 Å². The summed E-state index contributed by atoms with van der Waals surface area (Å²) in [5, 5.41) is 13.5. The maximum atomic E-state index is 12.1. The second-order valence-electron chi connectivity index (χ2n) is 5.21. The number of aromatic amines is 1. The number of hydrogen-bond donors (Lipinski definition) is 2. The number of aryl methyl sites for hydroxylation is 1. The van der Waals surface area contributed by atoms with Crippen LogP contribution in [0.15, 0.2) is 51.7 Å². The lowest BCUT2D eigenvalue weighted by Gasteiger charge is -2.07. The number of H-pyrrole nitrogens is 1. The highest BCUT2D eigenvalue weighted by atomic mass is 79.9. The molecule has 0 saturated carbocycles. The lowest BCUT2D eigenvalue weighted by atomic mass is 10.1. The van der Waals surface area contributed by atoms with Gasteiger partial charge in [-0.25, -0.2) is 4.68 Å². The Kier molecular flexibility index (Phi) is 4.57. The number of nitrogens with zero attached hydrogens (tertiary/aromatic N) is 3. The zero-order chi connectivity index (χ0) is 17.1. The highest BCUT2D eigenvalue weighted by Crippen LogP contribution is 2.18. The van der Waals surface area contributed by atoms with Crippen LogP contribution >= 0.6 is 15.9 Å². The topological polar surface area (TPSA) is 92.7 Å². The van der Waals surface area contributed by atoms with Crippen molar-refractivity contribution in [1.82, 2.24) is 20.0 Å². The molecule has 0 aliphatic heterocycles. The van der Waals surface area contributed by atoms with Crippen molar-refractivity contribution in [2.75, 3.05) is 5.32 Å². The minimum atomic E-state index is -0.371. The largest absolute Gasteiger partial charge is 0.308 e. The fraction of sp³-hybridized carbons (Fsp3) is 0.125. The number of benzene rings is 1. The van der Waals surface area contributed by atoms with Gasteiger partial charge in [-0.2, -0.15) is 10.2 Å². The van der Waals surface area contributed by atoms with E-state index in [1.165, 1.54) is 6.07 Å². The zero-order valence-electron chi connectivity index (χ0n) is 12.8. The molecule has 0 fully saturated rings. The predicted octanol–water partition coefficient (Wildman–Crippen LogP) is 2.34. The molecule has 0 radical (unpaired) electrons. The van der Waals surface area contributed by atoms with Crippen LogP contribution in [0.4, 0.5) is 5.82 Å². The van der Waals surface area contributed by atoms with Crippen molar-refractivity contribution in [3.63, 3.8) is 0 Å². The molecule has 3 rings (SSSR count). The first-order valence-corrected chi connectivity index (χ1v) is 7.96. The summed E-state index contributed by atoms with van der Waals surface area (Å²) in [5.41, 5.74) is 1.96. The van der Waals surface area contributed by atoms with Gasteiger partial charge in [0.2, 0.25) is 5.91 Å². The van der Waals surface area contributed by atoms with Crippen molar-refractivity contribution in [1.29, 1.82) is 0 Å². The minimum absolute atomic E-state index is 0.185. The molecular formula is C16H14BrN5O2. The summed E-state index contributed by atoms with van der Waals surface area (Å²) in [5.74, 6) is 0.0404. The maximum absolute atomic E-state index is 12.1. The molecule has 0 aliphatic carbocycles. The summed E-state index contributed by atoms with van der Waals surface area (Å²) >= 11 is 3.37. The van der Waals surface area contributed by atoms with Crippen molar-refractivity contribution in [3.8, 4) is 11.3 Å². The van der Waals surface area contributed by atoms with E-state index in [-0.39, 0.29) is 18.0 Å². The van der Waals surface area contributed by atoms with Crippen LogP contribution < -0.4 is 10.9 Å². The van der Waals surface area contributed by atoms with Crippen molar-refractivity contribution in [3.05, 3.63) is 63.0 Å². The number of amides is 1. The van der Waals surface area contributed by atoms with E-state index in [2.05, 4.69) is 36.5 Å². The van der Waals surface area contributed by atoms with Crippen LogP contribution in [0.1, 0.15) is 5.69 Å².